The molecule has 8 nitrogen and oxygen atoms in total. The van der Waals surface area contributed by atoms with E-state index < -0.39 is 0 Å². The molecule has 0 spiro atoms. The maximum atomic E-state index is 12.6. The number of nitrogens with zero attached hydrogens (tertiary/aromatic N) is 5. The van der Waals surface area contributed by atoms with Crippen LogP contribution in [0.1, 0.15) is 66.8 Å². The Morgan fingerprint density at radius 3 is 3.08 bits per heavy atom. The molecule has 0 saturated carbocycles. The molecule has 25 heavy (non-hydrogen) atoms. The summed E-state index contributed by atoms with van der Waals surface area (Å²) in [6.45, 7) is 4.89. The Morgan fingerprint density at radius 2 is 2.28 bits per heavy atom. The molecule has 0 bridgehead atoms. The van der Waals surface area contributed by atoms with E-state index in [0.29, 0.717) is 11.7 Å². The average molecular weight is 343 g/mol. The SMILES string of the molecule is CCc1nc2n(n1)CCCC2NC(=O)c1ccn(C2CCCNC2)n1. The summed E-state index contributed by atoms with van der Waals surface area (Å²) >= 11 is 0. The molecule has 0 radical (unpaired) electrons. The van der Waals surface area contributed by atoms with Crippen LogP contribution in [0.4, 0.5) is 0 Å². The molecular formula is C17H25N7O. The lowest BCUT2D eigenvalue weighted by Crippen LogP contribution is -2.34. The molecule has 0 aromatic carbocycles. The molecule has 4 heterocycles. The zero-order chi connectivity index (χ0) is 17.2. The van der Waals surface area contributed by atoms with Gasteiger partial charge in [-0.3, -0.25) is 9.48 Å². The normalized spacial score (nSPS) is 23.2. The number of hydrogen-bond donors (Lipinski definition) is 2. The predicted molar refractivity (Wildman–Crippen MR) is 92.2 cm³/mol. The zero-order valence-electron chi connectivity index (χ0n) is 14.6. The molecule has 2 aliphatic heterocycles. The van der Waals surface area contributed by atoms with E-state index in [1.54, 1.807) is 6.07 Å². The Kier molecular flexibility index (Phi) is 4.52. The minimum atomic E-state index is -0.137. The number of carbonyl (C=O) groups excluding carboxylic acids is 1. The third-order valence-corrected chi connectivity index (χ3v) is 5.03. The summed E-state index contributed by atoms with van der Waals surface area (Å²) in [6.07, 6.45) is 6.84. The molecule has 2 unspecified atom stereocenters. The summed E-state index contributed by atoms with van der Waals surface area (Å²) in [7, 11) is 0. The maximum Gasteiger partial charge on any atom is 0.272 e. The van der Waals surface area contributed by atoms with Gasteiger partial charge in [-0.15, -0.1) is 0 Å². The van der Waals surface area contributed by atoms with E-state index in [9.17, 15) is 4.79 Å². The molecular weight excluding hydrogens is 318 g/mol. The average Bonchev–Trinajstić information content (AvgIpc) is 3.30. The van der Waals surface area contributed by atoms with Crippen LogP contribution in [0.5, 0.6) is 0 Å². The maximum absolute atomic E-state index is 12.6. The van der Waals surface area contributed by atoms with Crippen LogP contribution in [0.25, 0.3) is 0 Å². The second-order valence-corrected chi connectivity index (χ2v) is 6.81. The fourth-order valence-electron chi connectivity index (χ4n) is 3.64. The van der Waals surface area contributed by atoms with Crippen molar-refractivity contribution in [2.45, 2.75) is 57.7 Å². The molecule has 1 saturated heterocycles. The lowest BCUT2D eigenvalue weighted by atomic mass is 10.1. The smallest absolute Gasteiger partial charge is 0.272 e. The highest BCUT2D eigenvalue weighted by Gasteiger charge is 2.27. The van der Waals surface area contributed by atoms with Crippen LogP contribution in [0.2, 0.25) is 0 Å². The van der Waals surface area contributed by atoms with Crippen molar-refractivity contribution in [1.29, 1.82) is 0 Å². The van der Waals surface area contributed by atoms with E-state index in [-0.39, 0.29) is 11.9 Å². The Labute approximate surface area is 147 Å². The molecule has 1 amide bonds. The van der Waals surface area contributed by atoms with Crippen molar-refractivity contribution in [3.05, 3.63) is 29.6 Å². The van der Waals surface area contributed by atoms with Gasteiger partial charge in [0, 0.05) is 25.7 Å². The van der Waals surface area contributed by atoms with Crippen molar-refractivity contribution in [3.63, 3.8) is 0 Å². The van der Waals surface area contributed by atoms with Crippen molar-refractivity contribution >= 4 is 5.91 Å². The van der Waals surface area contributed by atoms with Gasteiger partial charge >= 0.3 is 0 Å². The lowest BCUT2D eigenvalue weighted by Gasteiger charge is -2.23. The molecule has 2 N–H and O–H groups in total. The Hall–Kier alpha value is -2.22. The molecule has 2 aromatic rings. The topological polar surface area (TPSA) is 89.7 Å². The van der Waals surface area contributed by atoms with Crippen LogP contribution < -0.4 is 10.6 Å². The molecule has 8 heteroatoms. The summed E-state index contributed by atoms with van der Waals surface area (Å²) < 4.78 is 3.85. The Bertz CT molecular complexity index is 744. The first-order chi connectivity index (χ1) is 12.2. The zero-order valence-corrected chi connectivity index (χ0v) is 14.6. The number of hydrogen-bond acceptors (Lipinski definition) is 5. The van der Waals surface area contributed by atoms with Gasteiger partial charge in [-0.25, -0.2) is 9.67 Å². The molecule has 4 rings (SSSR count). The predicted octanol–water partition coefficient (Wildman–Crippen LogP) is 1.23. The Morgan fingerprint density at radius 1 is 1.36 bits per heavy atom. The highest BCUT2D eigenvalue weighted by atomic mass is 16.2. The van der Waals surface area contributed by atoms with Gasteiger partial charge < -0.3 is 10.6 Å². The van der Waals surface area contributed by atoms with Crippen molar-refractivity contribution in [2.24, 2.45) is 0 Å². The second kappa shape index (κ2) is 6.95. The third kappa shape index (κ3) is 3.30. The van der Waals surface area contributed by atoms with Crippen LogP contribution in [0.3, 0.4) is 0 Å². The fraction of sp³-hybridized carbons (Fsp3) is 0.647. The van der Waals surface area contributed by atoms with Crippen LogP contribution in [-0.4, -0.2) is 43.5 Å². The van der Waals surface area contributed by atoms with Gasteiger partial charge in [0.2, 0.25) is 0 Å². The largest absolute Gasteiger partial charge is 0.341 e. The first-order valence-corrected chi connectivity index (χ1v) is 9.25. The Balaban J connectivity index is 1.46. The van der Waals surface area contributed by atoms with Gasteiger partial charge in [0.05, 0.1) is 12.1 Å². The van der Waals surface area contributed by atoms with Gasteiger partial charge in [0.1, 0.15) is 11.5 Å². The van der Waals surface area contributed by atoms with E-state index in [1.807, 2.05) is 22.5 Å². The number of nitrogens with one attached hydrogen (secondary N) is 2. The number of amides is 1. The second-order valence-electron chi connectivity index (χ2n) is 6.81. The van der Waals surface area contributed by atoms with Crippen molar-refractivity contribution in [2.75, 3.05) is 13.1 Å². The highest BCUT2D eigenvalue weighted by Crippen LogP contribution is 2.24. The molecule has 134 valence electrons. The molecule has 2 aliphatic rings. The number of carbonyl (C=O) groups is 1. The van der Waals surface area contributed by atoms with E-state index in [4.69, 9.17) is 0 Å². The summed E-state index contributed by atoms with van der Waals surface area (Å²) in [5.74, 6) is 1.57. The quantitative estimate of drug-likeness (QED) is 0.871. The lowest BCUT2D eigenvalue weighted by molar-refractivity contribution is 0.0921. The van der Waals surface area contributed by atoms with Crippen molar-refractivity contribution in [1.82, 2.24) is 35.2 Å². The summed E-state index contributed by atoms with van der Waals surface area (Å²) in [5.41, 5.74) is 0.470. The van der Waals surface area contributed by atoms with E-state index >= 15 is 0 Å². The summed E-state index contributed by atoms with van der Waals surface area (Å²) in [5, 5.41) is 15.5. The van der Waals surface area contributed by atoms with Crippen LogP contribution in [0, 0.1) is 0 Å². The number of aromatic nitrogens is 5. The van der Waals surface area contributed by atoms with Gasteiger partial charge in [-0.1, -0.05) is 6.92 Å². The van der Waals surface area contributed by atoms with E-state index in [0.717, 1.165) is 63.4 Å². The van der Waals surface area contributed by atoms with Crippen molar-refractivity contribution < 1.29 is 4.79 Å². The van der Waals surface area contributed by atoms with Gasteiger partial charge in [0.25, 0.3) is 5.91 Å². The third-order valence-electron chi connectivity index (χ3n) is 5.03. The van der Waals surface area contributed by atoms with Gasteiger partial charge in [0.15, 0.2) is 5.82 Å². The van der Waals surface area contributed by atoms with Crippen LogP contribution in [0.15, 0.2) is 12.3 Å². The van der Waals surface area contributed by atoms with Gasteiger partial charge in [-0.2, -0.15) is 10.2 Å². The minimum absolute atomic E-state index is 0.0875. The first kappa shape index (κ1) is 16.3. The monoisotopic (exact) mass is 343 g/mol. The number of piperidine rings is 1. The first-order valence-electron chi connectivity index (χ1n) is 9.25. The molecule has 2 atom stereocenters. The van der Waals surface area contributed by atoms with E-state index in [2.05, 4.69) is 25.8 Å². The standard InChI is InChI=1S/C17H25N7O/c1-2-15-20-16-13(6-4-9-24(16)22-15)19-17(25)14-7-10-23(21-14)12-5-3-8-18-11-12/h7,10,12-13,18H,2-6,8-9,11H2,1H3,(H,19,25). The van der Waals surface area contributed by atoms with Crippen LogP contribution >= 0.6 is 0 Å². The minimum Gasteiger partial charge on any atom is -0.341 e. The molecule has 2 aromatic heterocycles. The number of fused-ring (bicyclic) bond motifs is 1. The number of aryl methyl sites for hydroxylation is 2. The number of rotatable bonds is 4. The van der Waals surface area contributed by atoms with Crippen LogP contribution in [-0.2, 0) is 13.0 Å². The fourth-order valence-corrected chi connectivity index (χ4v) is 3.64. The van der Waals surface area contributed by atoms with E-state index in [1.165, 1.54) is 0 Å². The summed E-state index contributed by atoms with van der Waals surface area (Å²) in [6, 6.07) is 2.05. The van der Waals surface area contributed by atoms with Crippen molar-refractivity contribution in [3.8, 4) is 0 Å². The molecule has 1 fully saturated rings. The van der Waals surface area contributed by atoms with Gasteiger partial charge in [-0.05, 0) is 38.3 Å². The highest BCUT2D eigenvalue weighted by molar-refractivity contribution is 5.92. The summed E-state index contributed by atoms with van der Waals surface area (Å²) in [4.78, 5) is 17.2. The molecule has 0 aliphatic carbocycles.